The fourth-order valence-corrected chi connectivity index (χ4v) is 3.27. The van der Waals surface area contributed by atoms with E-state index in [1.54, 1.807) is 14.2 Å². The molecule has 164 valence electrons. The molecule has 3 rings (SSSR count). The molecule has 1 atom stereocenters. The first-order valence-corrected chi connectivity index (χ1v) is 10.3. The number of ether oxygens (including phenoxy) is 2. The van der Waals surface area contributed by atoms with Gasteiger partial charge in [0.2, 0.25) is 0 Å². The Morgan fingerprint density at radius 1 is 1.06 bits per heavy atom. The highest BCUT2D eigenvalue weighted by Crippen LogP contribution is 2.28. The second-order valence-corrected chi connectivity index (χ2v) is 7.62. The van der Waals surface area contributed by atoms with E-state index < -0.39 is 0 Å². The molecule has 0 unspecified atom stereocenters. The zero-order valence-electron chi connectivity index (χ0n) is 17.8. The Bertz CT molecular complexity index is 1140. The van der Waals surface area contributed by atoms with E-state index in [-0.39, 0.29) is 30.4 Å². The summed E-state index contributed by atoms with van der Waals surface area (Å²) in [7, 11) is 3.18. The number of aromatic nitrogens is 2. The molecule has 0 aliphatic rings. The average molecular weight is 444 g/mol. The van der Waals surface area contributed by atoms with Gasteiger partial charge in [-0.25, -0.2) is 4.79 Å². The number of benzene rings is 2. The van der Waals surface area contributed by atoms with Gasteiger partial charge in [0.25, 0.3) is 5.56 Å². The fraction of sp³-hybridized carbons (Fsp3) is 0.304. The quantitative estimate of drug-likeness (QED) is 0.550. The summed E-state index contributed by atoms with van der Waals surface area (Å²) in [6.45, 7) is 3.06. The van der Waals surface area contributed by atoms with Crippen molar-refractivity contribution in [1.82, 2.24) is 14.5 Å². The maximum Gasteiger partial charge on any atom is 0.330 e. The molecular weight excluding hydrogens is 418 g/mol. The SMILES string of the molecule is COc1cc(CN[C@@H](C)c2ccc(Cl)cc2)ccc1OCCn1c(=O)ccn(C)c1=O. The molecule has 0 amide bonds. The molecule has 8 heteroatoms. The Balaban J connectivity index is 1.61. The maximum absolute atomic E-state index is 12.1. The Hall–Kier alpha value is -3.03. The molecular formula is C23H26ClN3O4. The summed E-state index contributed by atoms with van der Waals surface area (Å²) in [5, 5.41) is 4.19. The first kappa shape index (κ1) is 22.7. The number of aryl methyl sites for hydroxylation is 1. The predicted molar refractivity (Wildman–Crippen MR) is 121 cm³/mol. The van der Waals surface area contributed by atoms with E-state index in [1.807, 2.05) is 42.5 Å². The predicted octanol–water partition coefficient (Wildman–Crippen LogP) is 3.14. The van der Waals surface area contributed by atoms with Gasteiger partial charge in [0.05, 0.1) is 13.7 Å². The van der Waals surface area contributed by atoms with Crippen LogP contribution in [0, 0.1) is 0 Å². The summed E-state index contributed by atoms with van der Waals surface area (Å²) in [5.74, 6) is 1.14. The van der Waals surface area contributed by atoms with E-state index in [4.69, 9.17) is 21.1 Å². The van der Waals surface area contributed by atoms with Crippen LogP contribution in [0.25, 0.3) is 0 Å². The van der Waals surface area contributed by atoms with Crippen LogP contribution in [0.3, 0.4) is 0 Å². The molecule has 31 heavy (non-hydrogen) atoms. The molecule has 0 fully saturated rings. The zero-order chi connectivity index (χ0) is 22.4. The average Bonchev–Trinajstić information content (AvgIpc) is 2.78. The minimum Gasteiger partial charge on any atom is -0.493 e. The van der Waals surface area contributed by atoms with Crippen molar-refractivity contribution in [1.29, 1.82) is 0 Å². The second kappa shape index (κ2) is 10.3. The summed E-state index contributed by atoms with van der Waals surface area (Å²) >= 11 is 5.95. The molecule has 3 aromatic rings. The summed E-state index contributed by atoms with van der Waals surface area (Å²) < 4.78 is 13.7. The standard InChI is InChI=1S/C23H26ClN3O4/c1-16(18-5-7-19(24)8-6-18)25-15-17-4-9-20(21(14-17)30-3)31-13-12-27-22(28)10-11-26(2)23(27)29/h4-11,14,16,25H,12-13,15H2,1-3H3/t16-/m0/s1. The van der Waals surface area contributed by atoms with Crippen LogP contribution in [0.4, 0.5) is 0 Å². The lowest BCUT2D eigenvalue weighted by Crippen LogP contribution is -2.39. The molecule has 1 aromatic heterocycles. The van der Waals surface area contributed by atoms with Gasteiger partial charge < -0.3 is 19.4 Å². The van der Waals surface area contributed by atoms with Crippen LogP contribution in [0.5, 0.6) is 11.5 Å². The third kappa shape index (κ3) is 5.77. The van der Waals surface area contributed by atoms with Gasteiger partial charge in [0.1, 0.15) is 6.61 Å². The number of nitrogens with one attached hydrogen (secondary N) is 1. The molecule has 0 saturated carbocycles. The van der Waals surface area contributed by atoms with Gasteiger partial charge in [-0.2, -0.15) is 0 Å². The Morgan fingerprint density at radius 3 is 2.52 bits per heavy atom. The number of halogens is 1. The molecule has 1 N–H and O–H groups in total. The van der Waals surface area contributed by atoms with Crippen molar-refractivity contribution < 1.29 is 9.47 Å². The van der Waals surface area contributed by atoms with Crippen LogP contribution in [0.2, 0.25) is 5.02 Å². The first-order valence-electron chi connectivity index (χ1n) is 9.94. The van der Waals surface area contributed by atoms with E-state index in [2.05, 4.69) is 12.2 Å². The van der Waals surface area contributed by atoms with E-state index in [0.29, 0.717) is 23.1 Å². The van der Waals surface area contributed by atoms with Gasteiger partial charge in [0.15, 0.2) is 11.5 Å². The first-order chi connectivity index (χ1) is 14.9. The summed E-state index contributed by atoms with van der Waals surface area (Å²) in [4.78, 5) is 24.0. The Kier molecular flexibility index (Phi) is 7.55. The molecule has 0 radical (unpaired) electrons. The highest BCUT2D eigenvalue weighted by Gasteiger charge is 2.10. The van der Waals surface area contributed by atoms with Gasteiger partial charge in [-0.1, -0.05) is 29.8 Å². The van der Waals surface area contributed by atoms with Gasteiger partial charge in [-0.3, -0.25) is 9.36 Å². The lowest BCUT2D eigenvalue weighted by Gasteiger charge is -2.16. The molecule has 7 nitrogen and oxygen atoms in total. The smallest absolute Gasteiger partial charge is 0.330 e. The molecule has 0 saturated heterocycles. The topological polar surface area (TPSA) is 74.5 Å². The minimum absolute atomic E-state index is 0.150. The zero-order valence-corrected chi connectivity index (χ0v) is 18.6. The third-order valence-corrected chi connectivity index (χ3v) is 5.27. The molecule has 0 aliphatic heterocycles. The largest absolute Gasteiger partial charge is 0.493 e. The molecule has 0 spiro atoms. The summed E-state index contributed by atoms with van der Waals surface area (Å²) in [5.41, 5.74) is 1.46. The summed E-state index contributed by atoms with van der Waals surface area (Å²) in [6.07, 6.45) is 1.45. The Labute approximate surface area is 185 Å². The maximum atomic E-state index is 12.1. The number of hydrogen-bond acceptors (Lipinski definition) is 5. The summed E-state index contributed by atoms with van der Waals surface area (Å²) in [6, 6.07) is 15.0. The van der Waals surface area contributed by atoms with E-state index in [0.717, 1.165) is 15.7 Å². The number of rotatable bonds is 9. The van der Waals surface area contributed by atoms with Crippen molar-refractivity contribution in [2.75, 3.05) is 13.7 Å². The van der Waals surface area contributed by atoms with Crippen molar-refractivity contribution in [3.63, 3.8) is 0 Å². The van der Waals surface area contributed by atoms with Crippen molar-refractivity contribution in [2.45, 2.75) is 26.1 Å². The van der Waals surface area contributed by atoms with Crippen molar-refractivity contribution in [3.05, 3.63) is 91.7 Å². The highest BCUT2D eigenvalue weighted by molar-refractivity contribution is 6.30. The van der Waals surface area contributed by atoms with Crippen LogP contribution in [-0.2, 0) is 20.1 Å². The van der Waals surface area contributed by atoms with E-state index in [9.17, 15) is 9.59 Å². The number of methoxy groups -OCH3 is 1. The van der Waals surface area contributed by atoms with E-state index >= 15 is 0 Å². The van der Waals surface area contributed by atoms with Crippen LogP contribution in [-0.4, -0.2) is 22.9 Å². The molecule has 0 aliphatic carbocycles. The van der Waals surface area contributed by atoms with Gasteiger partial charge in [-0.15, -0.1) is 0 Å². The minimum atomic E-state index is -0.376. The lowest BCUT2D eigenvalue weighted by atomic mass is 10.1. The van der Waals surface area contributed by atoms with Crippen molar-refractivity contribution in [2.24, 2.45) is 7.05 Å². The van der Waals surface area contributed by atoms with Gasteiger partial charge in [0, 0.05) is 36.9 Å². The molecule has 2 aromatic carbocycles. The lowest BCUT2D eigenvalue weighted by molar-refractivity contribution is 0.275. The van der Waals surface area contributed by atoms with Crippen LogP contribution in [0.15, 0.2) is 64.3 Å². The van der Waals surface area contributed by atoms with Crippen LogP contribution >= 0.6 is 11.6 Å². The second-order valence-electron chi connectivity index (χ2n) is 7.19. The normalized spacial score (nSPS) is 11.9. The van der Waals surface area contributed by atoms with Crippen LogP contribution < -0.4 is 26.0 Å². The molecule has 0 bridgehead atoms. The highest BCUT2D eigenvalue weighted by atomic mass is 35.5. The van der Waals surface area contributed by atoms with Gasteiger partial charge >= 0.3 is 5.69 Å². The Morgan fingerprint density at radius 2 is 1.81 bits per heavy atom. The fourth-order valence-electron chi connectivity index (χ4n) is 3.15. The third-order valence-electron chi connectivity index (χ3n) is 5.02. The molecule has 1 heterocycles. The van der Waals surface area contributed by atoms with Crippen LogP contribution in [0.1, 0.15) is 24.1 Å². The number of nitrogens with zero attached hydrogens (tertiary/aromatic N) is 2. The monoisotopic (exact) mass is 443 g/mol. The van der Waals surface area contributed by atoms with Crippen molar-refractivity contribution in [3.8, 4) is 11.5 Å². The van der Waals surface area contributed by atoms with E-state index in [1.165, 1.54) is 16.8 Å². The van der Waals surface area contributed by atoms with Gasteiger partial charge in [-0.05, 0) is 42.3 Å². The van der Waals surface area contributed by atoms with Crippen molar-refractivity contribution >= 4 is 11.6 Å². The number of hydrogen-bond donors (Lipinski definition) is 1.